The van der Waals surface area contributed by atoms with E-state index in [0.717, 1.165) is 0 Å². The van der Waals surface area contributed by atoms with Gasteiger partial charge in [-0.1, -0.05) is 6.92 Å². The average molecular weight is 478 g/mol. The van der Waals surface area contributed by atoms with E-state index in [1.807, 2.05) is 6.92 Å². The quantitative estimate of drug-likeness (QED) is 0.209. The molecule has 144 valence electrons. The van der Waals surface area contributed by atoms with Gasteiger partial charge in [0.05, 0.1) is 12.3 Å². The lowest BCUT2D eigenvalue weighted by molar-refractivity contribution is 0.0529. The van der Waals surface area contributed by atoms with Gasteiger partial charge in [-0.3, -0.25) is 4.99 Å². The first-order chi connectivity index (χ1) is 10.6. The second kappa shape index (κ2) is 12.6. The predicted molar refractivity (Wildman–Crippen MR) is 108 cm³/mol. The molecule has 0 aromatic rings. The minimum atomic E-state index is -3.02. The summed E-state index contributed by atoms with van der Waals surface area (Å²) >= 11 is 0. The van der Waals surface area contributed by atoms with Crippen LogP contribution >= 0.6 is 24.0 Å². The van der Waals surface area contributed by atoms with Crippen LogP contribution in [0.1, 0.15) is 34.6 Å². The Morgan fingerprint density at radius 3 is 2.17 bits per heavy atom. The number of amides is 1. The molecule has 0 spiro atoms. The van der Waals surface area contributed by atoms with Crippen LogP contribution in [0.25, 0.3) is 0 Å². The number of aliphatic imine (C=N–C) groups is 1. The third kappa shape index (κ3) is 14.8. The molecule has 1 amide bonds. The lowest BCUT2D eigenvalue weighted by Crippen LogP contribution is -2.42. The number of carbonyl (C=O) groups excluding carboxylic acids is 1. The van der Waals surface area contributed by atoms with Crippen LogP contribution in [0.5, 0.6) is 0 Å². The summed E-state index contributed by atoms with van der Waals surface area (Å²) in [6.07, 6.45) is -0.477. The minimum Gasteiger partial charge on any atom is -0.444 e. The number of guanidine groups is 1. The van der Waals surface area contributed by atoms with E-state index >= 15 is 0 Å². The maximum Gasteiger partial charge on any atom is 0.407 e. The third-order valence-corrected chi connectivity index (χ3v) is 4.23. The highest BCUT2D eigenvalue weighted by molar-refractivity contribution is 14.0. The highest BCUT2D eigenvalue weighted by Crippen LogP contribution is 2.05. The fourth-order valence-electron chi connectivity index (χ4n) is 1.44. The number of ether oxygens (including phenoxy) is 1. The lowest BCUT2D eigenvalue weighted by atomic mass is 10.2. The van der Waals surface area contributed by atoms with Crippen molar-refractivity contribution < 1.29 is 17.9 Å². The van der Waals surface area contributed by atoms with E-state index in [2.05, 4.69) is 20.9 Å². The van der Waals surface area contributed by atoms with Gasteiger partial charge in [-0.25, -0.2) is 13.2 Å². The summed E-state index contributed by atoms with van der Waals surface area (Å²) in [4.78, 5) is 15.7. The van der Waals surface area contributed by atoms with Gasteiger partial charge in [0.2, 0.25) is 0 Å². The highest BCUT2D eigenvalue weighted by Gasteiger charge is 2.15. The van der Waals surface area contributed by atoms with Crippen LogP contribution < -0.4 is 16.0 Å². The average Bonchev–Trinajstić information content (AvgIpc) is 2.41. The Kier molecular flexibility index (Phi) is 13.3. The van der Waals surface area contributed by atoms with Crippen LogP contribution in [0.2, 0.25) is 0 Å². The zero-order chi connectivity index (χ0) is 17.9. The maximum absolute atomic E-state index is 11.5. The first-order valence-corrected chi connectivity index (χ1v) is 9.61. The fraction of sp³-hybridized carbons (Fsp3) is 0.857. The zero-order valence-electron chi connectivity index (χ0n) is 15.1. The van der Waals surface area contributed by atoms with E-state index < -0.39 is 21.5 Å². The van der Waals surface area contributed by atoms with E-state index in [9.17, 15) is 13.2 Å². The van der Waals surface area contributed by atoms with Crippen LogP contribution in [0.15, 0.2) is 4.99 Å². The first kappa shape index (κ1) is 25.5. The molecule has 0 aromatic carbocycles. The predicted octanol–water partition coefficient (Wildman–Crippen LogP) is 1.12. The Morgan fingerprint density at radius 1 is 1.08 bits per heavy atom. The molecule has 0 heterocycles. The normalized spacial score (nSPS) is 12.1. The molecule has 0 radical (unpaired) electrons. The standard InChI is InChI=1S/C14H30N4O4S.HI/c1-6-15-12(17-10-11-23(20,21)7-2)16-8-9-18-13(19)22-14(3,4)5;/h6-11H2,1-5H3,(H,18,19)(H2,15,16,17);1H. The molecule has 0 saturated carbocycles. The van der Waals surface area contributed by atoms with E-state index in [-0.39, 0.29) is 42.0 Å². The number of sulfone groups is 1. The topological polar surface area (TPSA) is 109 Å². The van der Waals surface area contributed by atoms with Crippen molar-refractivity contribution in [2.75, 3.05) is 37.7 Å². The molecule has 0 atom stereocenters. The summed E-state index contributed by atoms with van der Waals surface area (Å²) < 4.78 is 27.9. The molecular weight excluding hydrogens is 447 g/mol. The van der Waals surface area contributed by atoms with Gasteiger partial charge in [-0.2, -0.15) is 0 Å². The maximum atomic E-state index is 11.5. The van der Waals surface area contributed by atoms with Crippen LogP contribution in [0.3, 0.4) is 0 Å². The summed E-state index contributed by atoms with van der Waals surface area (Å²) in [6.45, 7) is 10.6. The van der Waals surface area contributed by atoms with Gasteiger partial charge < -0.3 is 20.7 Å². The van der Waals surface area contributed by atoms with Gasteiger partial charge in [-0.15, -0.1) is 24.0 Å². The number of nitrogens with one attached hydrogen (secondary N) is 3. The number of hydrogen-bond acceptors (Lipinski definition) is 5. The molecule has 0 aromatic heterocycles. The van der Waals surface area contributed by atoms with Gasteiger partial charge in [-0.05, 0) is 27.7 Å². The number of alkyl carbamates (subject to hydrolysis) is 1. The fourth-order valence-corrected chi connectivity index (χ4v) is 2.10. The Bertz CT molecular complexity index is 489. The number of rotatable bonds is 8. The van der Waals surface area contributed by atoms with Crippen molar-refractivity contribution in [1.82, 2.24) is 16.0 Å². The zero-order valence-corrected chi connectivity index (χ0v) is 18.3. The van der Waals surface area contributed by atoms with Crippen LogP contribution in [-0.4, -0.2) is 63.8 Å². The van der Waals surface area contributed by atoms with Crippen LogP contribution in [0, 0.1) is 0 Å². The van der Waals surface area contributed by atoms with Gasteiger partial charge >= 0.3 is 6.09 Å². The minimum absolute atomic E-state index is 0. The van der Waals surface area contributed by atoms with Crippen molar-refractivity contribution in [3.05, 3.63) is 0 Å². The van der Waals surface area contributed by atoms with Crippen molar-refractivity contribution in [1.29, 1.82) is 0 Å². The van der Waals surface area contributed by atoms with Crippen molar-refractivity contribution in [3.8, 4) is 0 Å². The molecule has 0 aliphatic carbocycles. The molecule has 0 aliphatic rings. The summed E-state index contributed by atoms with van der Waals surface area (Å²) in [5.41, 5.74) is -0.529. The second-order valence-electron chi connectivity index (χ2n) is 5.85. The monoisotopic (exact) mass is 478 g/mol. The number of nitrogens with zero attached hydrogens (tertiary/aromatic N) is 1. The lowest BCUT2D eigenvalue weighted by Gasteiger charge is -2.19. The largest absolute Gasteiger partial charge is 0.444 e. The Labute approximate surface area is 162 Å². The summed E-state index contributed by atoms with van der Waals surface area (Å²) in [5, 5.41) is 8.65. The first-order valence-electron chi connectivity index (χ1n) is 7.79. The molecule has 0 fully saturated rings. The molecule has 0 bridgehead atoms. The molecule has 24 heavy (non-hydrogen) atoms. The number of halogens is 1. The van der Waals surface area contributed by atoms with E-state index in [0.29, 0.717) is 25.6 Å². The number of carbonyl (C=O) groups is 1. The third-order valence-electron chi connectivity index (χ3n) is 2.54. The molecule has 0 rings (SSSR count). The Morgan fingerprint density at radius 2 is 1.67 bits per heavy atom. The van der Waals surface area contributed by atoms with E-state index in [1.54, 1.807) is 27.7 Å². The van der Waals surface area contributed by atoms with Crippen LogP contribution in [-0.2, 0) is 14.6 Å². The molecule has 3 N–H and O–H groups in total. The van der Waals surface area contributed by atoms with Gasteiger partial charge in [0.15, 0.2) is 15.8 Å². The summed E-state index contributed by atoms with van der Waals surface area (Å²) in [5.74, 6) is 0.660. The van der Waals surface area contributed by atoms with Gasteiger partial charge in [0.25, 0.3) is 0 Å². The highest BCUT2D eigenvalue weighted by atomic mass is 127. The number of hydrogen-bond donors (Lipinski definition) is 3. The van der Waals surface area contributed by atoms with E-state index in [1.165, 1.54) is 0 Å². The Hall–Kier alpha value is -0.780. The van der Waals surface area contributed by atoms with Crippen molar-refractivity contribution in [3.63, 3.8) is 0 Å². The van der Waals surface area contributed by atoms with Crippen molar-refractivity contribution in [2.45, 2.75) is 40.2 Å². The summed E-state index contributed by atoms with van der Waals surface area (Å²) in [6, 6.07) is 0. The molecule has 0 unspecified atom stereocenters. The smallest absolute Gasteiger partial charge is 0.407 e. The SMILES string of the molecule is CCNC(=NCCS(=O)(=O)CC)NCCNC(=O)OC(C)(C)C.I. The van der Waals surface area contributed by atoms with Gasteiger partial charge in [0, 0.05) is 25.4 Å². The molecule has 10 heteroatoms. The molecule has 0 saturated heterocycles. The summed E-state index contributed by atoms with van der Waals surface area (Å²) in [7, 11) is -3.02. The van der Waals surface area contributed by atoms with Crippen molar-refractivity contribution in [2.24, 2.45) is 4.99 Å². The Balaban J connectivity index is 0. The molecular formula is C14H31IN4O4S. The van der Waals surface area contributed by atoms with Gasteiger partial charge in [0.1, 0.15) is 5.60 Å². The van der Waals surface area contributed by atoms with Crippen molar-refractivity contribution >= 4 is 45.9 Å². The second-order valence-corrected chi connectivity index (χ2v) is 8.33. The molecule has 0 aliphatic heterocycles. The van der Waals surface area contributed by atoms with E-state index in [4.69, 9.17) is 4.74 Å². The molecule has 8 nitrogen and oxygen atoms in total. The van der Waals surface area contributed by atoms with Crippen LogP contribution in [0.4, 0.5) is 4.79 Å².